The molecule has 0 saturated carbocycles. The summed E-state index contributed by atoms with van der Waals surface area (Å²) < 4.78 is 12.9. The largest absolute Gasteiger partial charge is 0.356 e. The highest BCUT2D eigenvalue weighted by Crippen LogP contribution is 2.10. The third-order valence-electron chi connectivity index (χ3n) is 3.42. The number of thiazole rings is 1. The zero-order valence-corrected chi connectivity index (χ0v) is 17.4. The normalized spacial score (nSPS) is 11.1. The number of guanidine groups is 1. The van der Waals surface area contributed by atoms with E-state index in [4.69, 9.17) is 0 Å². The summed E-state index contributed by atoms with van der Waals surface area (Å²) in [4.78, 5) is 10.8. The highest BCUT2D eigenvalue weighted by Gasteiger charge is 2.06. The summed E-state index contributed by atoms with van der Waals surface area (Å²) >= 11 is 1.71. The Morgan fingerprint density at radius 2 is 2.04 bits per heavy atom. The van der Waals surface area contributed by atoms with Gasteiger partial charge in [-0.2, -0.15) is 0 Å². The minimum Gasteiger partial charge on any atom is -0.356 e. The van der Waals surface area contributed by atoms with Crippen LogP contribution in [-0.4, -0.2) is 36.5 Å². The van der Waals surface area contributed by atoms with Gasteiger partial charge in [0.2, 0.25) is 0 Å². The molecule has 0 radical (unpaired) electrons. The van der Waals surface area contributed by atoms with Crippen LogP contribution in [0.2, 0.25) is 0 Å². The first kappa shape index (κ1) is 20.8. The van der Waals surface area contributed by atoms with Gasteiger partial charge in [0.15, 0.2) is 5.96 Å². The molecule has 24 heavy (non-hydrogen) atoms. The zero-order chi connectivity index (χ0) is 16.7. The molecule has 0 fully saturated rings. The van der Waals surface area contributed by atoms with E-state index in [1.54, 1.807) is 30.5 Å². The van der Waals surface area contributed by atoms with Gasteiger partial charge in [-0.25, -0.2) is 9.37 Å². The first-order chi connectivity index (χ1) is 11.1. The monoisotopic (exact) mass is 462 g/mol. The van der Waals surface area contributed by atoms with Gasteiger partial charge in [-0.1, -0.05) is 12.1 Å². The van der Waals surface area contributed by atoms with Crippen LogP contribution in [0.5, 0.6) is 0 Å². The van der Waals surface area contributed by atoms with Crippen LogP contribution < -0.4 is 5.32 Å². The topological polar surface area (TPSA) is 40.5 Å². The van der Waals surface area contributed by atoms with Gasteiger partial charge < -0.3 is 10.2 Å². The molecule has 0 amide bonds. The first-order valence-corrected chi connectivity index (χ1v) is 8.53. The van der Waals surface area contributed by atoms with Crippen molar-refractivity contribution in [3.05, 3.63) is 51.7 Å². The fourth-order valence-corrected chi connectivity index (χ4v) is 3.10. The Labute approximate surface area is 164 Å². The van der Waals surface area contributed by atoms with Gasteiger partial charge in [-0.3, -0.25) is 4.99 Å². The molecule has 0 bridgehead atoms. The number of hydrogen-bond acceptors (Lipinski definition) is 3. The lowest BCUT2D eigenvalue weighted by atomic mass is 10.2. The van der Waals surface area contributed by atoms with E-state index in [-0.39, 0.29) is 29.8 Å². The number of benzene rings is 1. The van der Waals surface area contributed by atoms with Crippen molar-refractivity contribution in [2.24, 2.45) is 4.99 Å². The van der Waals surface area contributed by atoms with Gasteiger partial charge in [-0.15, -0.1) is 35.3 Å². The van der Waals surface area contributed by atoms with E-state index >= 15 is 0 Å². The molecule has 1 N–H and O–H groups in total. The highest BCUT2D eigenvalue weighted by molar-refractivity contribution is 14.0. The Kier molecular flexibility index (Phi) is 9.20. The van der Waals surface area contributed by atoms with Gasteiger partial charge in [0.25, 0.3) is 0 Å². The lowest BCUT2D eigenvalue weighted by molar-refractivity contribution is 0.475. The van der Waals surface area contributed by atoms with Crippen LogP contribution >= 0.6 is 35.3 Å². The average Bonchev–Trinajstić information content (AvgIpc) is 2.95. The minimum absolute atomic E-state index is 0. The predicted molar refractivity (Wildman–Crippen MR) is 110 cm³/mol. The summed E-state index contributed by atoms with van der Waals surface area (Å²) in [7, 11) is 3.75. The van der Waals surface area contributed by atoms with E-state index in [9.17, 15) is 4.39 Å². The quantitative estimate of drug-likeness (QED) is 0.307. The predicted octanol–water partition coefficient (Wildman–Crippen LogP) is 3.85. The Morgan fingerprint density at radius 3 is 2.62 bits per heavy atom. The molecular formula is C17H24FIN4S. The van der Waals surface area contributed by atoms with E-state index in [0.717, 1.165) is 36.6 Å². The average molecular weight is 462 g/mol. The van der Waals surface area contributed by atoms with Crippen LogP contribution in [0.3, 0.4) is 0 Å². The molecule has 0 atom stereocenters. The van der Waals surface area contributed by atoms with Gasteiger partial charge >= 0.3 is 0 Å². The summed E-state index contributed by atoms with van der Waals surface area (Å²) in [6, 6.07) is 6.55. The Balaban J connectivity index is 0.00000288. The number of aliphatic imine (C=N–C) groups is 1. The fraction of sp³-hybridized carbons (Fsp3) is 0.412. The molecule has 4 nitrogen and oxygen atoms in total. The van der Waals surface area contributed by atoms with Crippen molar-refractivity contribution in [3.8, 4) is 0 Å². The molecule has 0 aliphatic rings. The third-order valence-corrected chi connectivity index (χ3v) is 4.45. The maximum atomic E-state index is 12.9. The summed E-state index contributed by atoms with van der Waals surface area (Å²) in [6.07, 6.45) is 1.99. The van der Waals surface area contributed by atoms with Crippen LogP contribution in [-0.2, 0) is 13.0 Å². The molecule has 2 aromatic rings. The van der Waals surface area contributed by atoms with Gasteiger partial charge in [0, 0.05) is 44.7 Å². The lowest BCUT2D eigenvalue weighted by Crippen LogP contribution is -2.39. The molecule has 132 valence electrons. The number of nitrogens with zero attached hydrogens (tertiary/aromatic N) is 3. The zero-order valence-electron chi connectivity index (χ0n) is 14.3. The Hall–Kier alpha value is -1.22. The van der Waals surface area contributed by atoms with Crippen molar-refractivity contribution >= 4 is 41.3 Å². The molecule has 0 aliphatic carbocycles. The van der Waals surface area contributed by atoms with Gasteiger partial charge in [-0.05, 0) is 31.0 Å². The summed E-state index contributed by atoms with van der Waals surface area (Å²) in [6.45, 7) is 3.55. The second-order valence-electron chi connectivity index (χ2n) is 5.44. The number of nitrogens with one attached hydrogen (secondary N) is 1. The molecule has 1 aromatic carbocycles. The van der Waals surface area contributed by atoms with Gasteiger partial charge in [0.05, 0.1) is 5.01 Å². The standard InChI is InChI=1S/C17H23FN4S.HI/c1-13-12-23-16(21-13)5-4-10-20-17(19-2)22(3)11-14-6-8-15(18)9-7-14;/h6-9,12H,4-5,10-11H2,1-3H3,(H,19,20);1H. The van der Waals surface area contributed by atoms with Crippen LogP contribution in [0.1, 0.15) is 22.7 Å². The molecule has 0 unspecified atom stereocenters. The van der Waals surface area contributed by atoms with Crippen LogP contribution in [0.15, 0.2) is 34.6 Å². The van der Waals surface area contributed by atoms with Crippen LogP contribution in [0.25, 0.3) is 0 Å². The maximum Gasteiger partial charge on any atom is 0.193 e. The molecule has 0 aliphatic heterocycles. The van der Waals surface area contributed by atoms with Crippen molar-refractivity contribution in [1.29, 1.82) is 0 Å². The van der Waals surface area contributed by atoms with E-state index in [0.29, 0.717) is 6.54 Å². The Bertz CT molecular complexity index is 642. The molecule has 7 heteroatoms. The number of halogens is 2. The molecule has 1 aromatic heterocycles. The first-order valence-electron chi connectivity index (χ1n) is 7.65. The van der Waals surface area contributed by atoms with Crippen molar-refractivity contribution in [1.82, 2.24) is 15.2 Å². The second-order valence-corrected chi connectivity index (χ2v) is 6.39. The van der Waals surface area contributed by atoms with E-state index in [2.05, 4.69) is 20.7 Å². The molecule has 0 saturated heterocycles. The molecular weight excluding hydrogens is 438 g/mol. The summed E-state index contributed by atoms with van der Waals surface area (Å²) in [5, 5.41) is 6.62. The van der Waals surface area contributed by atoms with Gasteiger partial charge in [0.1, 0.15) is 5.82 Å². The second kappa shape index (κ2) is 10.6. The number of rotatable bonds is 6. The lowest BCUT2D eigenvalue weighted by Gasteiger charge is -2.22. The van der Waals surface area contributed by atoms with E-state index < -0.39 is 0 Å². The highest BCUT2D eigenvalue weighted by atomic mass is 127. The van der Waals surface area contributed by atoms with E-state index in [1.165, 1.54) is 17.1 Å². The SMILES string of the molecule is CN=C(NCCCc1nc(C)cs1)N(C)Cc1ccc(F)cc1.I. The number of aromatic nitrogens is 1. The van der Waals surface area contributed by atoms with E-state index in [1.807, 2.05) is 18.9 Å². The number of aryl methyl sites for hydroxylation is 2. The molecule has 1 heterocycles. The minimum atomic E-state index is -0.212. The van der Waals surface area contributed by atoms with Crippen LogP contribution in [0, 0.1) is 12.7 Å². The molecule has 0 spiro atoms. The van der Waals surface area contributed by atoms with Crippen molar-refractivity contribution in [3.63, 3.8) is 0 Å². The summed E-state index contributed by atoms with van der Waals surface area (Å²) in [5.41, 5.74) is 2.14. The van der Waals surface area contributed by atoms with Crippen LogP contribution in [0.4, 0.5) is 4.39 Å². The number of hydrogen-bond donors (Lipinski definition) is 1. The third kappa shape index (κ3) is 6.72. The van der Waals surface area contributed by atoms with Crippen molar-refractivity contribution in [2.45, 2.75) is 26.3 Å². The molecule has 2 rings (SSSR count). The van der Waals surface area contributed by atoms with Crippen molar-refractivity contribution < 1.29 is 4.39 Å². The van der Waals surface area contributed by atoms with Crippen molar-refractivity contribution in [2.75, 3.05) is 20.6 Å². The smallest absolute Gasteiger partial charge is 0.193 e. The Morgan fingerprint density at radius 1 is 1.33 bits per heavy atom. The fourth-order valence-electron chi connectivity index (χ4n) is 2.28. The summed E-state index contributed by atoms with van der Waals surface area (Å²) in [5.74, 6) is 0.626. The maximum absolute atomic E-state index is 12.9.